The molecule has 2 aliphatic carbocycles. The van der Waals surface area contributed by atoms with Crippen molar-refractivity contribution in [2.75, 3.05) is 13.1 Å². The molecule has 0 saturated heterocycles. The quantitative estimate of drug-likeness (QED) is 0.798. The second-order valence-electron chi connectivity index (χ2n) is 6.08. The number of hydrogen-bond acceptors (Lipinski definition) is 2. The Morgan fingerprint density at radius 3 is 2.44 bits per heavy atom. The maximum absolute atomic E-state index is 6.33. The second kappa shape index (κ2) is 5.41. The van der Waals surface area contributed by atoms with E-state index >= 15 is 0 Å². The van der Waals surface area contributed by atoms with Gasteiger partial charge in [-0.3, -0.25) is 4.90 Å². The maximum Gasteiger partial charge on any atom is 0.0208 e. The van der Waals surface area contributed by atoms with E-state index in [9.17, 15) is 0 Å². The zero-order chi connectivity index (χ0) is 12.4. The standard InChI is InChI=1S/C16H24N2/c17-15(10-13-4-2-1-3-5-13)12-18(16-8-9-16)11-14-6-7-14/h1-5,14-16H,6-12,17H2. The Balaban J connectivity index is 1.50. The maximum atomic E-state index is 6.33. The van der Waals surface area contributed by atoms with Gasteiger partial charge in [-0.25, -0.2) is 0 Å². The van der Waals surface area contributed by atoms with Gasteiger partial charge >= 0.3 is 0 Å². The second-order valence-corrected chi connectivity index (χ2v) is 6.08. The summed E-state index contributed by atoms with van der Waals surface area (Å²) in [6.45, 7) is 2.38. The smallest absolute Gasteiger partial charge is 0.0208 e. The molecule has 18 heavy (non-hydrogen) atoms. The van der Waals surface area contributed by atoms with E-state index in [0.717, 1.165) is 24.9 Å². The van der Waals surface area contributed by atoms with E-state index in [2.05, 4.69) is 35.2 Å². The highest BCUT2D eigenvalue weighted by atomic mass is 15.2. The van der Waals surface area contributed by atoms with Crippen LogP contribution in [0.4, 0.5) is 0 Å². The summed E-state index contributed by atoms with van der Waals surface area (Å²) in [6, 6.07) is 11.8. The first-order chi connectivity index (χ1) is 8.81. The summed E-state index contributed by atoms with van der Waals surface area (Å²) in [5.74, 6) is 0.981. The zero-order valence-corrected chi connectivity index (χ0v) is 11.1. The van der Waals surface area contributed by atoms with Gasteiger partial charge in [-0.2, -0.15) is 0 Å². The molecule has 2 aliphatic rings. The van der Waals surface area contributed by atoms with Crippen molar-refractivity contribution in [1.82, 2.24) is 4.90 Å². The highest BCUT2D eigenvalue weighted by molar-refractivity contribution is 5.15. The van der Waals surface area contributed by atoms with Gasteiger partial charge < -0.3 is 5.73 Å². The van der Waals surface area contributed by atoms with Crippen LogP contribution < -0.4 is 5.73 Å². The SMILES string of the molecule is NC(Cc1ccccc1)CN(CC1CC1)C1CC1. The summed E-state index contributed by atoms with van der Waals surface area (Å²) < 4.78 is 0. The van der Waals surface area contributed by atoms with Crippen LogP contribution >= 0.6 is 0 Å². The highest BCUT2D eigenvalue weighted by Crippen LogP contribution is 2.34. The predicted octanol–water partition coefficient (Wildman–Crippen LogP) is 2.43. The Kier molecular flexibility index (Phi) is 3.67. The molecule has 1 aromatic carbocycles. The van der Waals surface area contributed by atoms with Gasteiger partial charge in [0.05, 0.1) is 0 Å². The largest absolute Gasteiger partial charge is 0.326 e. The normalized spacial score (nSPS) is 21.2. The van der Waals surface area contributed by atoms with Crippen molar-refractivity contribution in [2.45, 2.75) is 44.2 Å². The zero-order valence-electron chi connectivity index (χ0n) is 11.1. The third-order valence-corrected chi connectivity index (χ3v) is 4.06. The molecular weight excluding hydrogens is 220 g/mol. The van der Waals surface area contributed by atoms with Gasteiger partial charge in [0, 0.05) is 25.2 Å². The van der Waals surface area contributed by atoms with Crippen molar-refractivity contribution in [3.05, 3.63) is 35.9 Å². The summed E-state index contributed by atoms with van der Waals surface area (Å²) in [5.41, 5.74) is 7.69. The molecular formula is C16H24N2. The third kappa shape index (κ3) is 3.56. The first kappa shape index (κ1) is 12.2. The lowest BCUT2D eigenvalue weighted by molar-refractivity contribution is 0.236. The third-order valence-electron chi connectivity index (χ3n) is 4.06. The van der Waals surface area contributed by atoms with Gasteiger partial charge in [-0.05, 0) is 43.6 Å². The average molecular weight is 244 g/mol. The van der Waals surface area contributed by atoms with Crippen LogP contribution in [0.3, 0.4) is 0 Å². The van der Waals surface area contributed by atoms with Crippen molar-refractivity contribution in [2.24, 2.45) is 11.7 Å². The molecule has 0 aromatic heterocycles. The Bertz CT molecular complexity index is 368. The number of hydrogen-bond donors (Lipinski definition) is 1. The first-order valence-electron chi connectivity index (χ1n) is 7.35. The number of nitrogens with zero attached hydrogens (tertiary/aromatic N) is 1. The van der Waals surface area contributed by atoms with E-state index in [1.807, 2.05) is 0 Å². The van der Waals surface area contributed by atoms with Crippen LogP contribution in [0.5, 0.6) is 0 Å². The van der Waals surface area contributed by atoms with Crippen LogP contribution in [0.15, 0.2) is 30.3 Å². The molecule has 98 valence electrons. The fourth-order valence-electron chi connectivity index (χ4n) is 2.73. The molecule has 0 radical (unpaired) electrons. The van der Waals surface area contributed by atoms with E-state index in [1.165, 1.54) is 37.8 Å². The van der Waals surface area contributed by atoms with Crippen LogP contribution in [0, 0.1) is 5.92 Å². The van der Waals surface area contributed by atoms with Crippen LogP contribution in [0.2, 0.25) is 0 Å². The average Bonchev–Trinajstić information content (AvgIpc) is 3.24. The fraction of sp³-hybridized carbons (Fsp3) is 0.625. The molecule has 1 aromatic rings. The molecule has 2 heteroatoms. The summed E-state index contributed by atoms with van der Waals surface area (Å²) in [4.78, 5) is 2.66. The Morgan fingerprint density at radius 2 is 1.83 bits per heavy atom. The van der Waals surface area contributed by atoms with E-state index in [0.29, 0.717) is 0 Å². The predicted molar refractivity (Wildman–Crippen MR) is 75.4 cm³/mol. The topological polar surface area (TPSA) is 29.3 Å². The molecule has 2 saturated carbocycles. The van der Waals surface area contributed by atoms with Crippen LogP contribution in [0.25, 0.3) is 0 Å². The van der Waals surface area contributed by atoms with E-state index < -0.39 is 0 Å². The van der Waals surface area contributed by atoms with Crippen LogP contribution in [-0.4, -0.2) is 30.1 Å². The minimum Gasteiger partial charge on any atom is -0.326 e. The molecule has 2 nitrogen and oxygen atoms in total. The Morgan fingerprint density at radius 1 is 1.11 bits per heavy atom. The highest BCUT2D eigenvalue weighted by Gasteiger charge is 2.34. The molecule has 1 unspecified atom stereocenters. The van der Waals surface area contributed by atoms with Gasteiger partial charge in [0.2, 0.25) is 0 Å². The molecule has 1 atom stereocenters. The molecule has 0 amide bonds. The van der Waals surface area contributed by atoms with Gasteiger partial charge in [0.25, 0.3) is 0 Å². The monoisotopic (exact) mass is 244 g/mol. The van der Waals surface area contributed by atoms with Gasteiger partial charge in [0.15, 0.2) is 0 Å². The molecule has 0 bridgehead atoms. The minimum absolute atomic E-state index is 0.284. The van der Waals surface area contributed by atoms with Crippen molar-refractivity contribution < 1.29 is 0 Å². The lowest BCUT2D eigenvalue weighted by Gasteiger charge is -2.25. The summed E-state index contributed by atoms with van der Waals surface area (Å²) in [7, 11) is 0. The van der Waals surface area contributed by atoms with Gasteiger partial charge in [-0.1, -0.05) is 30.3 Å². The molecule has 2 N–H and O–H groups in total. The lowest BCUT2D eigenvalue weighted by atomic mass is 10.1. The molecule has 2 fully saturated rings. The Labute approximate surface area is 110 Å². The number of benzene rings is 1. The van der Waals surface area contributed by atoms with E-state index in [1.54, 1.807) is 0 Å². The lowest BCUT2D eigenvalue weighted by Crippen LogP contribution is -2.41. The summed E-state index contributed by atoms with van der Waals surface area (Å²) >= 11 is 0. The van der Waals surface area contributed by atoms with Crippen molar-refractivity contribution in [1.29, 1.82) is 0 Å². The number of nitrogens with two attached hydrogens (primary N) is 1. The Hall–Kier alpha value is -0.860. The van der Waals surface area contributed by atoms with Gasteiger partial charge in [0.1, 0.15) is 0 Å². The summed E-state index contributed by atoms with van der Waals surface area (Å²) in [5, 5.41) is 0. The fourth-order valence-corrected chi connectivity index (χ4v) is 2.73. The number of rotatable bonds is 7. The molecule has 3 rings (SSSR count). The van der Waals surface area contributed by atoms with Crippen molar-refractivity contribution in [3.8, 4) is 0 Å². The van der Waals surface area contributed by atoms with Crippen molar-refractivity contribution in [3.63, 3.8) is 0 Å². The molecule has 0 aliphatic heterocycles. The first-order valence-corrected chi connectivity index (χ1v) is 7.35. The van der Waals surface area contributed by atoms with Crippen LogP contribution in [-0.2, 0) is 6.42 Å². The van der Waals surface area contributed by atoms with Crippen molar-refractivity contribution >= 4 is 0 Å². The van der Waals surface area contributed by atoms with Crippen LogP contribution in [0.1, 0.15) is 31.2 Å². The minimum atomic E-state index is 0.284. The summed E-state index contributed by atoms with van der Waals surface area (Å²) in [6.07, 6.45) is 6.68. The molecule has 0 spiro atoms. The van der Waals surface area contributed by atoms with E-state index in [-0.39, 0.29) is 6.04 Å². The van der Waals surface area contributed by atoms with E-state index in [4.69, 9.17) is 5.73 Å². The molecule has 0 heterocycles. The van der Waals surface area contributed by atoms with Gasteiger partial charge in [-0.15, -0.1) is 0 Å².